The fourth-order valence-corrected chi connectivity index (χ4v) is 2.27. The normalized spacial score (nSPS) is 33.5. The minimum atomic E-state index is -0.602. The van der Waals surface area contributed by atoms with Crippen molar-refractivity contribution in [1.29, 1.82) is 0 Å². The first-order valence-corrected chi connectivity index (χ1v) is 5.50. The Labute approximate surface area is 91.8 Å². The fourth-order valence-electron chi connectivity index (χ4n) is 2.27. The highest BCUT2D eigenvalue weighted by Crippen LogP contribution is 2.46. The molecule has 0 radical (unpaired) electrons. The zero-order chi connectivity index (χ0) is 11.9. The summed E-state index contributed by atoms with van der Waals surface area (Å²) in [6, 6.07) is 0. The molecule has 4 nitrogen and oxygen atoms in total. The minimum absolute atomic E-state index is 0.0601. The van der Waals surface area contributed by atoms with Gasteiger partial charge in [-0.05, 0) is 26.7 Å². The lowest BCUT2D eigenvalue weighted by Crippen LogP contribution is -2.73. The van der Waals surface area contributed by atoms with Crippen molar-refractivity contribution in [2.75, 3.05) is 6.54 Å². The Bertz CT molecular complexity index is 274. The molecular weight excluding hydrogens is 192 g/mol. The van der Waals surface area contributed by atoms with Gasteiger partial charge in [-0.15, -0.1) is 0 Å². The number of quaternary nitrogens is 1. The Morgan fingerprint density at radius 1 is 1.33 bits per heavy atom. The SMILES string of the molecule is CC(=O)N[N+]1([O-])CCCC(C)(C)C1(C)C. The number of rotatable bonds is 1. The maximum absolute atomic E-state index is 12.6. The molecular formula is C11H22N2O2. The topological polar surface area (TPSA) is 52.2 Å². The van der Waals surface area contributed by atoms with Crippen molar-refractivity contribution in [3.05, 3.63) is 5.21 Å². The summed E-state index contributed by atoms with van der Waals surface area (Å²) < 4.78 is -0.602. The van der Waals surface area contributed by atoms with Crippen LogP contribution in [0.3, 0.4) is 0 Å². The van der Waals surface area contributed by atoms with E-state index in [0.29, 0.717) is 6.54 Å². The number of nitrogens with zero attached hydrogens (tertiary/aromatic N) is 1. The monoisotopic (exact) mass is 214 g/mol. The third kappa shape index (κ3) is 1.88. The van der Waals surface area contributed by atoms with Crippen molar-refractivity contribution in [3.63, 3.8) is 0 Å². The Morgan fingerprint density at radius 2 is 1.87 bits per heavy atom. The molecule has 0 aromatic heterocycles. The third-order valence-corrected chi connectivity index (χ3v) is 4.17. The average Bonchev–Trinajstić information content (AvgIpc) is 1.99. The fraction of sp³-hybridized carbons (Fsp3) is 0.909. The van der Waals surface area contributed by atoms with E-state index >= 15 is 0 Å². The lowest BCUT2D eigenvalue weighted by atomic mass is 9.68. The zero-order valence-corrected chi connectivity index (χ0v) is 10.4. The first kappa shape index (κ1) is 12.5. The van der Waals surface area contributed by atoms with Gasteiger partial charge in [0.2, 0.25) is 0 Å². The maximum atomic E-state index is 12.6. The molecule has 1 heterocycles. The second-order valence-corrected chi connectivity index (χ2v) is 5.68. The summed E-state index contributed by atoms with van der Waals surface area (Å²) in [6.07, 6.45) is 1.89. The number of hydrogen-bond donors (Lipinski definition) is 1. The molecule has 1 rings (SSSR count). The van der Waals surface area contributed by atoms with Gasteiger partial charge in [0.15, 0.2) is 0 Å². The summed E-state index contributed by atoms with van der Waals surface area (Å²) >= 11 is 0. The summed E-state index contributed by atoms with van der Waals surface area (Å²) in [5.74, 6) is -0.254. The summed E-state index contributed by atoms with van der Waals surface area (Å²) in [6.45, 7) is 9.94. The van der Waals surface area contributed by atoms with Gasteiger partial charge in [-0.3, -0.25) is 9.55 Å². The first-order valence-electron chi connectivity index (χ1n) is 5.50. The number of amides is 1. The summed E-state index contributed by atoms with van der Waals surface area (Å²) in [7, 11) is 0. The van der Waals surface area contributed by atoms with Crippen molar-refractivity contribution in [2.24, 2.45) is 5.41 Å². The van der Waals surface area contributed by atoms with Gasteiger partial charge in [-0.2, -0.15) is 0 Å². The van der Waals surface area contributed by atoms with Crippen LogP contribution in [0.4, 0.5) is 0 Å². The van der Waals surface area contributed by atoms with Crippen molar-refractivity contribution >= 4 is 5.91 Å². The Morgan fingerprint density at radius 3 is 2.33 bits per heavy atom. The van der Waals surface area contributed by atoms with Gasteiger partial charge >= 0.3 is 0 Å². The van der Waals surface area contributed by atoms with Gasteiger partial charge in [0.25, 0.3) is 5.91 Å². The lowest BCUT2D eigenvalue weighted by Gasteiger charge is -2.61. The van der Waals surface area contributed by atoms with Crippen LogP contribution in [0.2, 0.25) is 0 Å². The molecule has 0 aliphatic carbocycles. The molecule has 0 bridgehead atoms. The van der Waals surface area contributed by atoms with Crippen LogP contribution in [0, 0.1) is 10.6 Å². The van der Waals surface area contributed by atoms with Crippen molar-refractivity contribution in [3.8, 4) is 0 Å². The van der Waals surface area contributed by atoms with Crippen LogP contribution in [0.5, 0.6) is 0 Å². The van der Waals surface area contributed by atoms with E-state index < -0.39 is 10.3 Å². The van der Waals surface area contributed by atoms with Crippen molar-refractivity contribution in [1.82, 2.24) is 5.43 Å². The van der Waals surface area contributed by atoms with E-state index in [1.165, 1.54) is 6.92 Å². The molecule has 88 valence electrons. The predicted molar refractivity (Wildman–Crippen MR) is 59.4 cm³/mol. The van der Waals surface area contributed by atoms with Gasteiger partial charge in [-0.1, -0.05) is 13.8 Å². The van der Waals surface area contributed by atoms with Gasteiger partial charge in [0.05, 0.1) is 0 Å². The number of piperidine rings is 1. The molecule has 1 aliphatic rings. The van der Waals surface area contributed by atoms with E-state index in [4.69, 9.17) is 0 Å². The lowest BCUT2D eigenvalue weighted by molar-refractivity contribution is -0.974. The quantitative estimate of drug-likeness (QED) is 0.536. The minimum Gasteiger partial charge on any atom is -0.606 e. The van der Waals surface area contributed by atoms with Gasteiger partial charge in [0, 0.05) is 12.3 Å². The standard InChI is InChI=1S/C11H22N2O2/c1-9(14)12-13(15)8-6-7-10(2,3)11(13,4)5/h6-8H2,1-5H3,(H,12,14). The van der Waals surface area contributed by atoms with E-state index in [1.807, 2.05) is 13.8 Å². The molecule has 1 unspecified atom stereocenters. The summed E-state index contributed by atoms with van der Waals surface area (Å²) in [5, 5.41) is 12.6. The Balaban J connectivity index is 3.02. The molecule has 1 aliphatic heterocycles. The van der Waals surface area contributed by atoms with E-state index in [1.54, 1.807) is 0 Å². The van der Waals surface area contributed by atoms with Crippen LogP contribution in [-0.4, -0.2) is 22.7 Å². The van der Waals surface area contributed by atoms with Crippen LogP contribution in [0.15, 0.2) is 0 Å². The average molecular weight is 214 g/mol. The maximum Gasteiger partial charge on any atom is 0.262 e. The molecule has 1 fully saturated rings. The molecule has 1 saturated heterocycles. The van der Waals surface area contributed by atoms with Gasteiger partial charge in [0.1, 0.15) is 12.1 Å². The van der Waals surface area contributed by atoms with E-state index in [2.05, 4.69) is 19.3 Å². The number of nitrogens with one attached hydrogen (secondary N) is 1. The van der Waals surface area contributed by atoms with Crippen LogP contribution < -0.4 is 5.43 Å². The second kappa shape index (κ2) is 3.46. The van der Waals surface area contributed by atoms with Crippen LogP contribution in [0.1, 0.15) is 47.5 Å². The van der Waals surface area contributed by atoms with Crippen molar-refractivity contribution in [2.45, 2.75) is 53.0 Å². The van der Waals surface area contributed by atoms with E-state index in [-0.39, 0.29) is 11.3 Å². The molecule has 0 spiro atoms. The first-order chi connectivity index (χ1) is 6.62. The Hall–Kier alpha value is -0.610. The molecule has 15 heavy (non-hydrogen) atoms. The highest BCUT2D eigenvalue weighted by Gasteiger charge is 2.52. The Kier molecular flexibility index (Phi) is 2.87. The van der Waals surface area contributed by atoms with E-state index in [9.17, 15) is 10.0 Å². The highest BCUT2D eigenvalue weighted by atomic mass is 16.6. The van der Waals surface area contributed by atoms with Crippen LogP contribution >= 0.6 is 0 Å². The molecule has 0 aromatic carbocycles. The smallest absolute Gasteiger partial charge is 0.262 e. The molecule has 1 N–H and O–H groups in total. The highest BCUT2D eigenvalue weighted by molar-refractivity contribution is 5.71. The molecule has 1 amide bonds. The van der Waals surface area contributed by atoms with Gasteiger partial charge in [-0.25, -0.2) is 5.43 Å². The summed E-state index contributed by atoms with van der Waals surface area (Å²) in [5.41, 5.74) is 2.00. The third-order valence-electron chi connectivity index (χ3n) is 4.17. The van der Waals surface area contributed by atoms with Crippen LogP contribution in [0.25, 0.3) is 0 Å². The predicted octanol–water partition coefficient (Wildman–Crippen LogP) is 1.95. The van der Waals surface area contributed by atoms with Crippen molar-refractivity contribution < 1.29 is 9.55 Å². The second-order valence-electron chi connectivity index (χ2n) is 5.68. The molecule has 1 atom stereocenters. The number of hydrogen-bond acceptors (Lipinski definition) is 2. The number of carbonyl (C=O) groups excluding carboxylic acids is 1. The van der Waals surface area contributed by atoms with E-state index in [0.717, 1.165) is 12.8 Å². The van der Waals surface area contributed by atoms with Crippen LogP contribution in [-0.2, 0) is 4.79 Å². The summed E-state index contributed by atoms with van der Waals surface area (Å²) in [4.78, 5) is 11.1. The zero-order valence-electron chi connectivity index (χ0n) is 10.4. The molecule has 0 aromatic rings. The number of carbonyl (C=O) groups is 1. The molecule has 0 saturated carbocycles. The largest absolute Gasteiger partial charge is 0.606 e. The van der Waals surface area contributed by atoms with Gasteiger partial charge < -0.3 is 5.21 Å². The number of hydroxylamine groups is 2. The molecule has 4 heteroatoms.